The van der Waals surface area contributed by atoms with Crippen LogP contribution >= 0.6 is 0 Å². The Morgan fingerprint density at radius 3 is 1.69 bits per heavy atom. The topological polar surface area (TPSA) is 42.4 Å². The molecule has 0 aliphatic rings. The standard InChI is InChI=1S/C47H30N2O2/c1-3-12-36(13-4-1)49(37-14-5-2-6-15-37)38-26-23-32(24-27-38)31-19-21-33(22-20-31)34-25-28-43-40(29-34)45-41(47-48-42-17-9-10-18-44(42)51-47)30-35-11-7-8-16-39(35)46(45)50-43/h1-30H. The number of anilines is 3. The first-order valence-electron chi connectivity index (χ1n) is 17.1. The summed E-state index contributed by atoms with van der Waals surface area (Å²) < 4.78 is 12.9. The number of aromatic nitrogens is 1. The van der Waals surface area contributed by atoms with E-state index in [2.05, 4.69) is 144 Å². The van der Waals surface area contributed by atoms with Crippen molar-refractivity contribution in [2.75, 3.05) is 4.90 Å². The molecule has 0 fully saturated rings. The second-order valence-electron chi connectivity index (χ2n) is 12.8. The first-order valence-corrected chi connectivity index (χ1v) is 17.1. The number of hydrogen-bond donors (Lipinski definition) is 0. The summed E-state index contributed by atoms with van der Waals surface area (Å²) in [6, 6.07) is 63.4. The summed E-state index contributed by atoms with van der Waals surface area (Å²) in [5.74, 6) is 0.589. The molecule has 240 valence electrons. The second-order valence-corrected chi connectivity index (χ2v) is 12.8. The molecule has 10 rings (SSSR count). The highest BCUT2D eigenvalue weighted by atomic mass is 16.3. The van der Waals surface area contributed by atoms with Gasteiger partial charge in [0.15, 0.2) is 5.58 Å². The number of para-hydroxylation sites is 4. The fourth-order valence-electron chi connectivity index (χ4n) is 7.21. The van der Waals surface area contributed by atoms with Crippen molar-refractivity contribution in [1.82, 2.24) is 4.98 Å². The summed E-state index contributed by atoms with van der Waals surface area (Å²) in [6.07, 6.45) is 0. The monoisotopic (exact) mass is 654 g/mol. The third-order valence-electron chi connectivity index (χ3n) is 9.69. The van der Waals surface area contributed by atoms with Gasteiger partial charge in [-0.25, -0.2) is 4.98 Å². The van der Waals surface area contributed by atoms with Crippen LogP contribution in [0, 0.1) is 0 Å². The number of hydrogen-bond acceptors (Lipinski definition) is 4. The Balaban J connectivity index is 1.02. The second kappa shape index (κ2) is 11.9. The zero-order chi connectivity index (χ0) is 33.7. The first kappa shape index (κ1) is 29.0. The molecule has 4 heteroatoms. The summed E-state index contributed by atoms with van der Waals surface area (Å²) in [4.78, 5) is 7.16. The van der Waals surface area contributed by atoms with Crippen LogP contribution in [0.15, 0.2) is 191 Å². The number of benzene rings is 8. The van der Waals surface area contributed by atoms with E-state index in [1.54, 1.807) is 0 Å². The maximum Gasteiger partial charge on any atom is 0.228 e. The molecule has 0 saturated heterocycles. The normalized spacial score (nSPS) is 11.5. The average molecular weight is 655 g/mol. The van der Waals surface area contributed by atoms with E-state index in [0.717, 1.165) is 88.7 Å². The SMILES string of the molecule is c1ccc(N(c2ccccc2)c2ccc(-c3ccc(-c4ccc5oc6c7ccccc7cc(-c7nc8ccccc8o7)c6c5c4)cc3)cc2)cc1. The van der Waals surface area contributed by atoms with Crippen molar-refractivity contribution in [2.24, 2.45) is 0 Å². The van der Waals surface area contributed by atoms with Gasteiger partial charge in [-0.2, -0.15) is 0 Å². The summed E-state index contributed by atoms with van der Waals surface area (Å²) in [5, 5.41) is 4.19. The van der Waals surface area contributed by atoms with Crippen LogP contribution in [0.3, 0.4) is 0 Å². The van der Waals surface area contributed by atoms with E-state index < -0.39 is 0 Å². The minimum absolute atomic E-state index is 0.589. The summed E-state index contributed by atoms with van der Waals surface area (Å²) in [5.41, 5.74) is 12.1. The molecule has 0 bridgehead atoms. The predicted octanol–water partition coefficient (Wildman–Crippen LogP) is 13.4. The summed E-state index contributed by atoms with van der Waals surface area (Å²) >= 11 is 0. The van der Waals surface area contributed by atoms with Crippen molar-refractivity contribution in [3.63, 3.8) is 0 Å². The molecule has 0 spiro atoms. The molecule has 0 amide bonds. The Bertz CT molecular complexity index is 2760. The third-order valence-corrected chi connectivity index (χ3v) is 9.69. The van der Waals surface area contributed by atoms with E-state index in [0.29, 0.717) is 5.89 Å². The lowest BCUT2D eigenvalue weighted by Gasteiger charge is -2.25. The van der Waals surface area contributed by atoms with Gasteiger partial charge >= 0.3 is 0 Å². The van der Waals surface area contributed by atoms with Crippen LogP contribution in [0.5, 0.6) is 0 Å². The molecule has 2 aromatic heterocycles. The van der Waals surface area contributed by atoms with Crippen molar-refractivity contribution in [3.05, 3.63) is 182 Å². The van der Waals surface area contributed by atoms with Crippen LogP contribution < -0.4 is 4.90 Å². The van der Waals surface area contributed by atoms with Crippen molar-refractivity contribution in [3.8, 4) is 33.7 Å². The van der Waals surface area contributed by atoms with Gasteiger partial charge in [0.05, 0.1) is 0 Å². The molecule has 51 heavy (non-hydrogen) atoms. The van der Waals surface area contributed by atoms with Gasteiger partial charge < -0.3 is 13.7 Å². The van der Waals surface area contributed by atoms with Gasteiger partial charge in [0.25, 0.3) is 0 Å². The molecular formula is C47H30N2O2. The molecule has 0 N–H and O–H groups in total. The Morgan fingerprint density at radius 2 is 0.980 bits per heavy atom. The number of nitrogens with zero attached hydrogens (tertiary/aromatic N) is 2. The van der Waals surface area contributed by atoms with Gasteiger partial charge in [0.1, 0.15) is 16.7 Å². The fourth-order valence-corrected chi connectivity index (χ4v) is 7.21. The molecule has 4 nitrogen and oxygen atoms in total. The van der Waals surface area contributed by atoms with Crippen molar-refractivity contribution in [2.45, 2.75) is 0 Å². The first-order chi connectivity index (χ1) is 25.3. The minimum Gasteiger partial charge on any atom is -0.455 e. The Hall–Kier alpha value is -6.91. The lowest BCUT2D eigenvalue weighted by molar-refractivity contribution is 0.620. The lowest BCUT2D eigenvalue weighted by atomic mass is 9.97. The van der Waals surface area contributed by atoms with Gasteiger partial charge in [-0.3, -0.25) is 0 Å². The molecule has 0 unspecified atom stereocenters. The van der Waals surface area contributed by atoms with Gasteiger partial charge in [0.2, 0.25) is 5.89 Å². The van der Waals surface area contributed by atoms with Crippen LogP contribution in [0.1, 0.15) is 0 Å². The van der Waals surface area contributed by atoms with Crippen molar-refractivity contribution < 1.29 is 8.83 Å². The number of furan rings is 1. The molecule has 2 heterocycles. The predicted molar refractivity (Wildman–Crippen MR) is 210 cm³/mol. The zero-order valence-electron chi connectivity index (χ0n) is 27.5. The van der Waals surface area contributed by atoms with Crippen molar-refractivity contribution in [1.29, 1.82) is 0 Å². The lowest BCUT2D eigenvalue weighted by Crippen LogP contribution is -2.09. The zero-order valence-corrected chi connectivity index (χ0v) is 27.5. The Morgan fingerprint density at radius 1 is 0.412 bits per heavy atom. The Kier molecular flexibility index (Phi) is 6.78. The number of rotatable bonds is 6. The highest BCUT2D eigenvalue weighted by Gasteiger charge is 2.20. The molecule has 0 saturated carbocycles. The third kappa shape index (κ3) is 5.04. The van der Waals surface area contributed by atoms with E-state index in [1.165, 1.54) is 0 Å². The van der Waals surface area contributed by atoms with Gasteiger partial charge in [0, 0.05) is 38.8 Å². The molecule has 0 aliphatic heterocycles. The molecule has 0 radical (unpaired) electrons. The van der Waals surface area contributed by atoms with Gasteiger partial charge in [-0.1, -0.05) is 115 Å². The molecular weight excluding hydrogens is 625 g/mol. The van der Waals surface area contributed by atoms with Gasteiger partial charge in [-0.15, -0.1) is 0 Å². The van der Waals surface area contributed by atoms with E-state index in [-0.39, 0.29) is 0 Å². The highest BCUT2D eigenvalue weighted by molar-refractivity contribution is 6.21. The van der Waals surface area contributed by atoms with E-state index in [1.807, 2.05) is 42.5 Å². The molecule has 8 aromatic carbocycles. The molecule has 0 atom stereocenters. The van der Waals surface area contributed by atoms with E-state index >= 15 is 0 Å². The average Bonchev–Trinajstić information content (AvgIpc) is 3.81. The van der Waals surface area contributed by atoms with E-state index in [9.17, 15) is 0 Å². The minimum atomic E-state index is 0.589. The molecule has 10 aromatic rings. The highest BCUT2D eigenvalue weighted by Crippen LogP contribution is 2.43. The maximum absolute atomic E-state index is 6.58. The smallest absolute Gasteiger partial charge is 0.228 e. The van der Waals surface area contributed by atoms with Crippen LogP contribution in [0.25, 0.3) is 77.5 Å². The summed E-state index contributed by atoms with van der Waals surface area (Å²) in [6.45, 7) is 0. The molecule has 0 aliphatic carbocycles. The fraction of sp³-hybridized carbons (Fsp3) is 0. The maximum atomic E-state index is 6.58. The number of oxazole rings is 1. The van der Waals surface area contributed by atoms with Crippen LogP contribution in [-0.2, 0) is 0 Å². The summed E-state index contributed by atoms with van der Waals surface area (Å²) in [7, 11) is 0. The van der Waals surface area contributed by atoms with Crippen LogP contribution in [0.2, 0.25) is 0 Å². The van der Waals surface area contributed by atoms with Gasteiger partial charge in [-0.05, 0) is 94.4 Å². The van der Waals surface area contributed by atoms with Crippen LogP contribution in [0.4, 0.5) is 17.1 Å². The Labute approximate surface area is 294 Å². The van der Waals surface area contributed by atoms with Crippen LogP contribution in [-0.4, -0.2) is 4.98 Å². The van der Waals surface area contributed by atoms with E-state index in [4.69, 9.17) is 13.8 Å². The quantitative estimate of drug-likeness (QED) is 0.179. The largest absolute Gasteiger partial charge is 0.455 e. The number of fused-ring (bicyclic) bond motifs is 6. The van der Waals surface area contributed by atoms with Crippen molar-refractivity contribution >= 4 is 60.9 Å².